The van der Waals surface area contributed by atoms with Crippen LogP contribution in [-0.4, -0.2) is 0 Å². The number of benzene rings is 2. The van der Waals surface area contributed by atoms with Crippen LogP contribution in [0.1, 0.15) is 29.6 Å². The largest absolute Gasteiger partial charge is 0.324 e. The van der Waals surface area contributed by atoms with Crippen LogP contribution in [0.3, 0.4) is 0 Å². The molecule has 0 bridgehead atoms. The molecular formula is C15H19Cl3N2. The molecule has 20 heavy (non-hydrogen) atoms. The number of hydrogen-bond acceptors (Lipinski definition) is 2. The van der Waals surface area contributed by atoms with Crippen molar-refractivity contribution in [1.82, 2.24) is 0 Å². The Labute approximate surface area is 137 Å². The molecular weight excluding hydrogens is 315 g/mol. The number of rotatable bonds is 4. The average Bonchev–Trinajstić information content (AvgIpc) is 2.40. The van der Waals surface area contributed by atoms with Crippen LogP contribution in [0, 0.1) is 0 Å². The van der Waals surface area contributed by atoms with Crippen molar-refractivity contribution in [3.8, 4) is 0 Å². The highest BCUT2D eigenvalue weighted by molar-refractivity contribution is 6.30. The van der Waals surface area contributed by atoms with Crippen LogP contribution in [0.2, 0.25) is 5.02 Å². The molecule has 0 saturated heterocycles. The molecule has 0 saturated carbocycles. The van der Waals surface area contributed by atoms with Gasteiger partial charge in [0.15, 0.2) is 0 Å². The van der Waals surface area contributed by atoms with E-state index in [1.54, 1.807) is 0 Å². The SMILES string of the molecule is Cl.Cl.NC(CC(N)c1ccc(Cl)cc1)c1ccccc1. The minimum Gasteiger partial charge on any atom is -0.324 e. The van der Waals surface area contributed by atoms with Crippen LogP contribution >= 0.6 is 36.4 Å². The summed E-state index contributed by atoms with van der Waals surface area (Å²) in [5, 5.41) is 0.721. The molecule has 2 nitrogen and oxygen atoms in total. The quantitative estimate of drug-likeness (QED) is 0.877. The highest BCUT2D eigenvalue weighted by Crippen LogP contribution is 2.23. The predicted octanol–water partition coefficient (Wildman–Crippen LogP) is 4.27. The van der Waals surface area contributed by atoms with Crippen LogP contribution in [0.5, 0.6) is 0 Å². The predicted molar refractivity (Wildman–Crippen MR) is 90.9 cm³/mol. The van der Waals surface area contributed by atoms with Crippen LogP contribution in [-0.2, 0) is 0 Å². The molecule has 0 radical (unpaired) electrons. The third-order valence-corrected chi connectivity index (χ3v) is 3.29. The first kappa shape index (κ1) is 19.2. The summed E-state index contributed by atoms with van der Waals surface area (Å²) < 4.78 is 0. The van der Waals surface area contributed by atoms with Gasteiger partial charge in [0.05, 0.1) is 0 Å². The molecule has 2 rings (SSSR count). The van der Waals surface area contributed by atoms with Gasteiger partial charge < -0.3 is 11.5 Å². The molecule has 4 N–H and O–H groups in total. The van der Waals surface area contributed by atoms with Crippen molar-refractivity contribution >= 4 is 36.4 Å². The number of halogens is 3. The zero-order valence-electron chi connectivity index (χ0n) is 10.9. The summed E-state index contributed by atoms with van der Waals surface area (Å²) in [6.45, 7) is 0. The first-order valence-electron chi connectivity index (χ1n) is 5.98. The summed E-state index contributed by atoms with van der Waals surface area (Å²) in [7, 11) is 0. The second-order valence-corrected chi connectivity index (χ2v) is 4.85. The molecule has 110 valence electrons. The Morgan fingerprint density at radius 3 is 1.70 bits per heavy atom. The topological polar surface area (TPSA) is 52.0 Å². The lowest BCUT2D eigenvalue weighted by Crippen LogP contribution is -2.19. The van der Waals surface area contributed by atoms with E-state index in [1.807, 2.05) is 54.6 Å². The number of hydrogen-bond donors (Lipinski definition) is 2. The number of nitrogens with two attached hydrogens (primary N) is 2. The van der Waals surface area contributed by atoms with Crippen LogP contribution in [0.15, 0.2) is 54.6 Å². The maximum absolute atomic E-state index is 6.16. The lowest BCUT2D eigenvalue weighted by Gasteiger charge is -2.18. The van der Waals surface area contributed by atoms with Gasteiger partial charge in [-0.3, -0.25) is 0 Å². The van der Waals surface area contributed by atoms with Gasteiger partial charge in [-0.15, -0.1) is 24.8 Å². The standard InChI is InChI=1S/C15H17ClN2.2ClH/c16-13-8-6-12(7-9-13)15(18)10-14(17)11-4-2-1-3-5-11;;/h1-9,14-15H,10,17-18H2;2*1H. The Morgan fingerprint density at radius 2 is 1.20 bits per heavy atom. The van der Waals surface area contributed by atoms with Crippen molar-refractivity contribution in [2.45, 2.75) is 18.5 Å². The molecule has 2 aromatic carbocycles. The summed E-state index contributed by atoms with van der Waals surface area (Å²) >= 11 is 5.85. The van der Waals surface area contributed by atoms with E-state index in [2.05, 4.69) is 0 Å². The Kier molecular flexibility index (Phi) is 8.86. The summed E-state index contributed by atoms with van der Waals surface area (Å²) in [4.78, 5) is 0. The fraction of sp³-hybridized carbons (Fsp3) is 0.200. The van der Waals surface area contributed by atoms with Gasteiger partial charge in [0.2, 0.25) is 0 Å². The zero-order chi connectivity index (χ0) is 13.0. The van der Waals surface area contributed by atoms with Gasteiger partial charge in [0.25, 0.3) is 0 Å². The highest BCUT2D eigenvalue weighted by atomic mass is 35.5. The van der Waals surface area contributed by atoms with Gasteiger partial charge in [-0.05, 0) is 29.7 Å². The van der Waals surface area contributed by atoms with E-state index in [4.69, 9.17) is 23.1 Å². The molecule has 2 aromatic rings. The minimum absolute atomic E-state index is 0. The molecule has 0 aliphatic rings. The molecule has 0 fully saturated rings. The normalized spacial score (nSPS) is 12.8. The molecule has 0 aliphatic carbocycles. The third kappa shape index (κ3) is 5.31. The van der Waals surface area contributed by atoms with E-state index < -0.39 is 0 Å². The van der Waals surface area contributed by atoms with Crippen LogP contribution in [0.4, 0.5) is 0 Å². The average molecular weight is 334 g/mol. The maximum Gasteiger partial charge on any atom is 0.0406 e. The zero-order valence-corrected chi connectivity index (χ0v) is 13.3. The summed E-state index contributed by atoms with van der Waals surface area (Å²) in [5.41, 5.74) is 14.5. The molecule has 2 atom stereocenters. The Balaban J connectivity index is 0.00000180. The third-order valence-electron chi connectivity index (χ3n) is 3.03. The molecule has 2 unspecified atom stereocenters. The van der Waals surface area contributed by atoms with Crippen LogP contribution < -0.4 is 11.5 Å². The smallest absolute Gasteiger partial charge is 0.0406 e. The lowest BCUT2D eigenvalue weighted by atomic mass is 9.96. The van der Waals surface area contributed by atoms with Crippen molar-refractivity contribution < 1.29 is 0 Å². The molecule has 5 heteroatoms. The Hall–Kier alpha value is -0.770. The van der Waals surface area contributed by atoms with E-state index in [0.29, 0.717) is 6.42 Å². The van der Waals surface area contributed by atoms with Crippen molar-refractivity contribution in [3.05, 3.63) is 70.7 Å². The molecule has 0 spiro atoms. The summed E-state index contributed by atoms with van der Waals surface area (Å²) in [5.74, 6) is 0. The lowest BCUT2D eigenvalue weighted by molar-refractivity contribution is 0.557. The van der Waals surface area contributed by atoms with Crippen molar-refractivity contribution in [3.63, 3.8) is 0 Å². The Bertz CT molecular complexity index is 488. The maximum atomic E-state index is 6.16. The second-order valence-electron chi connectivity index (χ2n) is 4.41. The monoisotopic (exact) mass is 332 g/mol. The van der Waals surface area contributed by atoms with E-state index in [0.717, 1.165) is 16.1 Å². The van der Waals surface area contributed by atoms with Gasteiger partial charge in [-0.2, -0.15) is 0 Å². The van der Waals surface area contributed by atoms with E-state index in [1.165, 1.54) is 0 Å². The van der Waals surface area contributed by atoms with Gasteiger partial charge >= 0.3 is 0 Å². The van der Waals surface area contributed by atoms with Crippen molar-refractivity contribution in [2.24, 2.45) is 11.5 Å². The van der Waals surface area contributed by atoms with Crippen molar-refractivity contribution in [2.75, 3.05) is 0 Å². The first-order valence-corrected chi connectivity index (χ1v) is 6.36. The fourth-order valence-electron chi connectivity index (χ4n) is 1.96. The van der Waals surface area contributed by atoms with Crippen LogP contribution in [0.25, 0.3) is 0 Å². The second kappa shape index (κ2) is 9.22. The van der Waals surface area contributed by atoms with Gasteiger partial charge in [-0.25, -0.2) is 0 Å². The molecule has 0 aliphatic heterocycles. The van der Waals surface area contributed by atoms with Gasteiger partial charge in [0.1, 0.15) is 0 Å². The minimum atomic E-state index is -0.0718. The van der Waals surface area contributed by atoms with E-state index >= 15 is 0 Å². The van der Waals surface area contributed by atoms with Gasteiger partial charge in [0, 0.05) is 17.1 Å². The molecule has 0 amide bonds. The first-order chi connectivity index (χ1) is 8.66. The fourth-order valence-corrected chi connectivity index (χ4v) is 2.08. The summed E-state index contributed by atoms with van der Waals surface area (Å²) in [6.07, 6.45) is 0.714. The Morgan fingerprint density at radius 1 is 0.750 bits per heavy atom. The summed E-state index contributed by atoms with van der Waals surface area (Å²) in [6, 6.07) is 17.5. The van der Waals surface area contributed by atoms with E-state index in [9.17, 15) is 0 Å². The van der Waals surface area contributed by atoms with E-state index in [-0.39, 0.29) is 36.9 Å². The highest BCUT2D eigenvalue weighted by Gasteiger charge is 2.12. The molecule has 0 aromatic heterocycles. The molecule has 0 heterocycles. The van der Waals surface area contributed by atoms with Crippen molar-refractivity contribution in [1.29, 1.82) is 0 Å². The van der Waals surface area contributed by atoms with Gasteiger partial charge in [-0.1, -0.05) is 54.1 Å².